The molecule has 1 rings (SSSR count). The Balaban J connectivity index is 2.33. The number of hydrogen-bond donors (Lipinski definition) is 0. The summed E-state index contributed by atoms with van der Waals surface area (Å²) in [5.74, 6) is -0.103. The molecule has 170 valence electrons. The molecule has 0 radical (unpaired) electrons. The third-order valence-electron chi connectivity index (χ3n) is 5.42. The van der Waals surface area contributed by atoms with Gasteiger partial charge in [0.15, 0.2) is 0 Å². The third-order valence-corrected chi connectivity index (χ3v) is 5.42. The Bertz CT molecular complexity index is 686. The molecule has 1 unspecified atom stereocenters. The zero-order valence-corrected chi connectivity index (χ0v) is 19.5. The van der Waals surface area contributed by atoms with E-state index in [4.69, 9.17) is 10.3 Å². The van der Waals surface area contributed by atoms with E-state index in [1.54, 1.807) is 0 Å². The van der Waals surface area contributed by atoms with Gasteiger partial charge in [0.25, 0.3) is 0 Å². The van der Waals surface area contributed by atoms with Gasteiger partial charge in [-0.3, -0.25) is 9.79 Å². The van der Waals surface area contributed by atoms with Gasteiger partial charge in [0, 0.05) is 12.6 Å². The number of carbonyl (C=O) groups is 1. The van der Waals surface area contributed by atoms with Crippen molar-refractivity contribution in [3.63, 3.8) is 0 Å². The average Bonchev–Trinajstić information content (AvgIpc) is 2.80. The second kappa shape index (κ2) is 18.4. The summed E-state index contributed by atoms with van der Waals surface area (Å²) in [6, 6.07) is 10.1. The van der Waals surface area contributed by atoms with E-state index in [0.717, 1.165) is 37.7 Å². The van der Waals surface area contributed by atoms with Crippen molar-refractivity contribution in [1.82, 2.24) is 0 Å². The predicted octanol–water partition coefficient (Wildman–Crippen LogP) is 7.17. The molecule has 1 aromatic carbocycles. The van der Waals surface area contributed by atoms with Gasteiger partial charge in [-0.1, -0.05) is 76.2 Å². The lowest BCUT2D eigenvalue weighted by atomic mass is 10.0. The lowest BCUT2D eigenvalue weighted by Crippen LogP contribution is -2.04. The molecular weight excluding hydrogens is 384 g/mol. The molecule has 31 heavy (non-hydrogen) atoms. The highest BCUT2D eigenvalue weighted by Crippen LogP contribution is 2.14. The highest BCUT2D eigenvalue weighted by atomic mass is 16.5. The predicted molar refractivity (Wildman–Crippen MR) is 129 cm³/mol. The number of hydrogen-bond acceptors (Lipinski definition) is 4. The van der Waals surface area contributed by atoms with Crippen LogP contribution in [0.1, 0.15) is 102 Å². The van der Waals surface area contributed by atoms with Gasteiger partial charge in [0.1, 0.15) is 0 Å². The quantitative estimate of drug-likeness (QED) is 0.115. The Hall–Kier alpha value is -2.41. The molecule has 0 fully saturated rings. The molecule has 0 aliphatic carbocycles. The van der Waals surface area contributed by atoms with Gasteiger partial charge in [0.2, 0.25) is 0 Å². The van der Waals surface area contributed by atoms with Crippen LogP contribution in [-0.2, 0) is 9.53 Å². The Kier molecular flexibility index (Phi) is 15.8. The van der Waals surface area contributed by atoms with Gasteiger partial charge >= 0.3 is 5.97 Å². The van der Waals surface area contributed by atoms with Gasteiger partial charge in [-0.25, -0.2) is 0 Å². The van der Waals surface area contributed by atoms with E-state index in [1.165, 1.54) is 52.1 Å². The van der Waals surface area contributed by atoms with Crippen molar-refractivity contribution in [1.29, 1.82) is 5.26 Å². The van der Waals surface area contributed by atoms with Crippen molar-refractivity contribution >= 4 is 12.2 Å². The Morgan fingerprint density at radius 1 is 1.03 bits per heavy atom. The van der Waals surface area contributed by atoms with Gasteiger partial charge in [-0.05, 0) is 49.8 Å². The lowest BCUT2D eigenvalue weighted by molar-refractivity contribution is -0.140. The van der Waals surface area contributed by atoms with Gasteiger partial charge in [0.05, 0.1) is 24.8 Å². The van der Waals surface area contributed by atoms with E-state index in [-0.39, 0.29) is 5.97 Å². The smallest absolute Gasteiger partial charge is 0.305 e. The minimum Gasteiger partial charge on any atom is -0.469 e. The van der Waals surface area contributed by atoms with Crippen molar-refractivity contribution < 1.29 is 9.53 Å². The standard InChI is InChI=1S/C27H40N2O2/c1-3-4-5-12-15-26(29-23-25-20-18-24(22-28)19-21-25)16-13-10-8-6-7-9-11-14-17-27(30)31-2/h10,13,18-21,23,26H,3-9,11-12,14-17H2,1-2H3/b13-10-,29-23?. The Labute approximate surface area is 189 Å². The summed E-state index contributed by atoms with van der Waals surface area (Å²) in [7, 11) is 1.45. The van der Waals surface area contributed by atoms with Crippen LogP contribution in [0.2, 0.25) is 0 Å². The van der Waals surface area contributed by atoms with Crippen molar-refractivity contribution in [2.45, 2.75) is 96.4 Å². The van der Waals surface area contributed by atoms with Gasteiger partial charge in [-0.2, -0.15) is 5.26 Å². The van der Waals surface area contributed by atoms with E-state index in [2.05, 4.69) is 29.9 Å². The van der Waals surface area contributed by atoms with E-state index in [1.807, 2.05) is 30.5 Å². The summed E-state index contributed by atoms with van der Waals surface area (Å²) in [6.45, 7) is 2.24. The Morgan fingerprint density at radius 2 is 1.74 bits per heavy atom. The number of ether oxygens (including phenoxy) is 1. The molecule has 0 aromatic heterocycles. The SMILES string of the molecule is CCCCCCC(C/C=C\CCCCCCCC(=O)OC)N=Cc1ccc(C#N)cc1. The van der Waals surface area contributed by atoms with E-state index in [0.29, 0.717) is 18.0 Å². The number of aliphatic imine (C=N–C) groups is 1. The number of allylic oxidation sites excluding steroid dienone is 1. The molecule has 0 saturated heterocycles. The molecule has 0 bridgehead atoms. The minimum atomic E-state index is -0.103. The first-order valence-corrected chi connectivity index (χ1v) is 11.9. The fourth-order valence-electron chi connectivity index (χ4n) is 3.43. The highest BCUT2D eigenvalue weighted by Gasteiger charge is 2.04. The van der Waals surface area contributed by atoms with Gasteiger partial charge in [-0.15, -0.1) is 0 Å². The highest BCUT2D eigenvalue weighted by molar-refractivity contribution is 5.79. The molecule has 0 saturated carbocycles. The van der Waals surface area contributed by atoms with E-state index >= 15 is 0 Å². The summed E-state index contributed by atoms with van der Waals surface area (Å²) < 4.78 is 4.66. The molecule has 1 atom stereocenters. The largest absolute Gasteiger partial charge is 0.469 e. The summed E-state index contributed by atoms with van der Waals surface area (Å²) in [5, 5.41) is 8.92. The van der Waals surface area contributed by atoms with Crippen LogP contribution >= 0.6 is 0 Å². The van der Waals surface area contributed by atoms with Crippen LogP contribution in [0.25, 0.3) is 0 Å². The van der Waals surface area contributed by atoms with Crippen molar-refractivity contribution in [2.24, 2.45) is 4.99 Å². The maximum absolute atomic E-state index is 11.1. The molecule has 1 aromatic rings. The van der Waals surface area contributed by atoms with Crippen molar-refractivity contribution in [3.05, 3.63) is 47.5 Å². The molecule has 0 amide bonds. The number of nitriles is 1. The molecule has 0 spiro atoms. The molecule has 0 N–H and O–H groups in total. The maximum Gasteiger partial charge on any atom is 0.305 e. The summed E-state index contributed by atoms with van der Waals surface area (Å²) in [5.41, 5.74) is 1.73. The summed E-state index contributed by atoms with van der Waals surface area (Å²) in [6.07, 6.45) is 21.0. The maximum atomic E-state index is 11.1. The second-order valence-corrected chi connectivity index (χ2v) is 8.10. The van der Waals surface area contributed by atoms with Crippen LogP contribution in [0.15, 0.2) is 41.4 Å². The van der Waals surface area contributed by atoms with E-state index < -0.39 is 0 Å². The fraction of sp³-hybridized carbons (Fsp3) is 0.593. The lowest BCUT2D eigenvalue weighted by Gasteiger charge is -2.10. The van der Waals surface area contributed by atoms with Crippen molar-refractivity contribution in [2.75, 3.05) is 7.11 Å². The Morgan fingerprint density at radius 3 is 2.45 bits per heavy atom. The van der Waals surface area contributed by atoms with Crippen LogP contribution < -0.4 is 0 Å². The average molecular weight is 425 g/mol. The molecule has 4 heteroatoms. The minimum absolute atomic E-state index is 0.103. The number of esters is 1. The number of methoxy groups -OCH3 is 1. The molecule has 0 aliphatic heterocycles. The summed E-state index contributed by atoms with van der Waals surface area (Å²) >= 11 is 0. The first kappa shape index (κ1) is 26.6. The third kappa shape index (κ3) is 14.3. The van der Waals surface area contributed by atoms with Crippen LogP contribution in [0.4, 0.5) is 0 Å². The molecular formula is C27H40N2O2. The summed E-state index contributed by atoms with van der Waals surface area (Å²) in [4.78, 5) is 15.9. The fourth-order valence-corrected chi connectivity index (χ4v) is 3.43. The number of benzene rings is 1. The molecule has 0 heterocycles. The van der Waals surface area contributed by atoms with Crippen LogP contribution in [-0.4, -0.2) is 25.3 Å². The van der Waals surface area contributed by atoms with Gasteiger partial charge < -0.3 is 4.74 Å². The number of rotatable bonds is 17. The molecule has 0 aliphatic rings. The monoisotopic (exact) mass is 424 g/mol. The number of carbonyl (C=O) groups excluding carboxylic acids is 1. The van der Waals surface area contributed by atoms with E-state index in [9.17, 15) is 4.79 Å². The number of nitrogens with zero attached hydrogens (tertiary/aromatic N) is 2. The zero-order valence-electron chi connectivity index (χ0n) is 19.5. The zero-order chi connectivity index (χ0) is 22.6. The first-order valence-electron chi connectivity index (χ1n) is 11.9. The molecule has 4 nitrogen and oxygen atoms in total. The van der Waals surface area contributed by atoms with Crippen molar-refractivity contribution in [3.8, 4) is 6.07 Å². The number of unbranched alkanes of at least 4 members (excludes halogenated alkanes) is 8. The first-order chi connectivity index (χ1) is 15.2. The van der Waals surface area contributed by atoms with Crippen LogP contribution in [0, 0.1) is 11.3 Å². The van der Waals surface area contributed by atoms with Crippen LogP contribution in [0.5, 0.6) is 0 Å². The topological polar surface area (TPSA) is 62.4 Å². The normalized spacial score (nSPS) is 12.3. The van der Waals surface area contributed by atoms with Crippen LogP contribution in [0.3, 0.4) is 0 Å². The second-order valence-electron chi connectivity index (χ2n) is 8.10.